The average molecular weight is 211 g/mol. The molecule has 0 spiro atoms. The highest BCUT2D eigenvalue weighted by Crippen LogP contribution is 2.13. The van der Waals surface area contributed by atoms with Crippen molar-refractivity contribution in [2.75, 3.05) is 6.61 Å². The lowest BCUT2D eigenvalue weighted by molar-refractivity contribution is 0.250. The van der Waals surface area contributed by atoms with Crippen LogP contribution in [0.15, 0.2) is 24.3 Å². The third-order valence-corrected chi connectivity index (χ3v) is 2.63. The Hall–Kier alpha value is -1.09. The van der Waals surface area contributed by atoms with Crippen LogP contribution in [0.25, 0.3) is 0 Å². The lowest BCUT2D eigenvalue weighted by Crippen LogP contribution is -2.34. The second kappa shape index (κ2) is 5.71. The quantitative estimate of drug-likeness (QED) is 0.812. The van der Waals surface area contributed by atoms with Gasteiger partial charge in [-0.2, -0.15) is 0 Å². The molecule has 0 aromatic heterocycles. The summed E-state index contributed by atoms with van der Waals surface area (Å²) in [7, 11) is 0. The number of benzene rings is 1. The first kappa shape index (κ1) is 12.0. The van der Waals surface area contributed by atoms with E-state index in [0.717, 1.165) is 6.42 Å². The van der Waals surface area contributed by atoms with E-state index < -0.39 is 0 Å². The molecule has 0 saturated heterocycles. The smallest absolute Gasteiger partial charge is 0.123 e. The van der Waals surface area contributed by atoms with Gasteiger partial charge in [0.05, 0.1) is 0 Å². The molecule has 1 aromatic rings. The summed E-state index contributed by atoms with van der Waals surface area (Å²) in [4.78, 5) is 0. The molecule has 2 nitrogen and oxygen atoms in total. The van der Waals surface area contributed by atoms with Gasteiger partial charge < -0.3 is 10.5 Å². The molecule has 2 N–H and O–H groups in total. The van der Waals surface area contributed by atoms with Gasteiger partial charge in [-0.25, -0.2) is 4.39 Å². The van der Waals surface area contributed by atoms with Crippen LogP contribution in [0.1, 0.15) is 20.3 Å². The fourth-order valence-electron chi connectivity index (χ4n) is 1.19. The Morgan fingerprint density at radius 2 is 1.93 bits per heavy atom. The molecule has 0 radical (unpaired) electrons. The van der Waals surface area contributed by atoms with Crippen LogP contribution in [0, 0.1) is 11.7 Å². The van der Waals surface area contributed by atoms with Gasteiger partial charge in [0.2, 0.25) is 0 Å². The summed E-state index contributed by atoms with van der Waals surface area (Å²) >= 11 is 0. The molecule has 0 aliphatic carbocycles. The summed E-state index contributed by atoms with van der Waals surface area (Å²) in [5, 5.41) is 0. The molecule has 84 valence electrons. The lowest BCUT2D eigenvalue weighted by Gasteiger charge is -2.18. The Morgan fingerprint density at radius 1 is 1.33 bits per heavy atom. The van der Waals surface area contributed by atoms with Gasteiger partial charge in [-0.1, -0.05) is 20.3 Å². The average Bonchev–Trinajstić information content (AvgIpc) is 2.26. The van der Waals surface area contributed by atoms with Crippen LogP contribution >= 0.6 is 0 Å². The van der Waals surface area contributed by atoms with Crippen molar-refractivity contribution < 1.29 is 9.13 Å². The first-order valence-electron chi connectivity index (χ1n) is 5.27. The van der Waals surface area contributed by atoms with Crippen LogP contribution in [-0.2, 0) is 0 Å². The van der Waals surface area contributed by atoms with Crippen LogP contribution < -0.4 is 10.5 Å². The monoisotopic (exact) mass is 211 g/mol. The fourth-order valence-corrected chi connectivity index (χ4v) is 1.19. The van der Waals surface area contributed by atoms with Crippen molar-refractivity contribution in [2.45, 2.75) is 26.3 Å². The van der Waals surface area contributed by atoms with E-state index in [1.54, 1.807) is 12.1 Å². The second-order valence-corrected chi connectivity index (χ2v) is 3.81. The molecule has 15 heavy (non-hydrogen) atoms. The van der Waals surface area contributed by atoms with Crippen molar-refractivity contribution in [1.82, 2.24) is 0 Å². The SMILES string of the molecule is CC[C@@H](C)[C@H](N)COc1ccc(F)cc1. The Labute approximate surface area is 90.2 Å². The third kappa shape index (κ3) is 3.88. The number of hydrogen-bond acceptors (Lipinski definition) is 2. The lowest BCUT2D eigenvalue weighted by atomic mass is 10.0. The largest absolute Gasteiger partial charge is 0.492 e. The maximum Gasteiger partial charge on any atom is 0.123 e. The normalized spacial score (nSPS) is 14.7. The highest BCUT2D eigenvalue weighted by atomic mass is 19.1. The molecule has 3 heteroatoms. The predicted molar refractivity (Wildman–Crippen MR) is 59.3 cm³/mol. The standard InChI is InChI=1S/C12H18FNO/c1-3-9(2)12(14)8-15-11-6-4-10(13)5-7-11/h4-7,9,12H,3,8,14H2,1-2H3/t9-,12-/m1/s1. The van der Waals surface area contributed by atoms with E-state index in [0.29, 0.717) is 18.3 Å². The molecule has 1 rings (SSSR count). The molecule has 0 aliphatic rings. The van der Waals surface area contributed by atoms with Gasteiger partial charge in [-0.05, 0) is 30.2 Å². The first-order valence-corrected chi connectivity index (χ1v) is 5.27. The number of ether oxygens (including phenoxy) is 1. The maximum atomic E-state index is 12.6. The molecule has 0 bridgehead atoms. The summed E-state index contributed by atoms with van der Waals surface area (Å²) in [6, 6.07) is 6.01. The molecular formula is C12H18FNO. The zero-order valence-electron chi connectivity index (χ0n) is 9.24. The zero-order valence-corrected chi connectivity index (χ0v) is 9.24. The van der Waals surface area contributed by atoms with Gasteiger partial charge in [0.1, 0.15) is 18.2 Å². The Balaban J connectivity index is 2.40. The van der Waals surface area contributed by atoms with E-state index in [1.807, 2.05) is 0 Å². The molecule has 0 saturated carbocycles. The van der Waals surface area contributed by atoms with Gasteiger partial charge in [-0.15, -0.1) is 0 Å². The van der Waals surface area contributed by atoms with Gasteiger partial charge in [0.15, 0.2) is 0 Å². The Kier molecular flexibility index (Phi) is 4.56. The van der Waals surface area contributed by atoms with Crippen molar-refractivity contribution in [3.63, 3.8) is 0 Å². The van der Waals surface area contributed by atoms with Crippen LogP contribution in [-0.4, -0.2) is 12.6 Å². The predicted octanol–water partition coefficient (Wildman–Crippen LogP) is 2.58. The van der Waals surface area contributed by atoms with E-state index >= 15 is 0 Å². The van der Waals surface area contributed by atoms with Crippen LogP contribution in [0.2, 0.25) is 0 Å². The minimum atomic E-state index is -0.256. The molecule has 0 unspecified atom stereocenters. The molecular weight excluding hydrogens is 193 g/mol. The molecule has 0 fully saturated rings. The van der Waals surface area contributed by atoms with E-state index in [-0.39, 0.29) is 11.9 Å². The van der Waals surface area contributed by atoms with Crippen molar-refractivity contribution >= 4 is 0 Å². The van der Waals surface area contributed by atoms with Gasteiger partial charge in [0, 0.05) is 6.04 Å². The van der Waals surface area contributed by atoms with E-state index in [2.05, 4.69) is 13.8 Å². The van der Waals surface area contributed by atoms with Gasteiger partial charge >= 0.3 is 0 Å². The molecule has 0 heterocycles. The van der Waals surface area contributed by atoms with Crippen molar-refractivity contribution in [2.24, 2.45) is 11.7 Å². The summed E-state index contributed by atoms with van der Waals surface area (Å²) in [6.45, 7) is 4.67. The van der Waals surface area contributed by atoms with Crippen LogP contribution in [0.5, 0.6) is 5.75 Å². The number of rotatable bonds is 5. The van der Waals surface area contributed by atoms with Crippen molar-refractivity contribution in [3.05, 3.63) is 30.1 Å². The molecule has 1 aromatic carbocycles. The molecule has 0 amide bonds. The van der Waals surface area contributed by atoms with E-state index in [1.165, 1.54) is 12.1 Å². The molecule has 2 atom stereocenters. The first-order chi connectivity index (χ1) is 7.13. The second-order valence-electron chi connectivity index (χ2n) is 3.81. The van der Waals surface area contributed by atoms with Gasteiger partial charge in [-0.3, -0.25) is 0 Å². The van der Waals surface area contributed by atoms with Crippen molar-refractivity contribution in [1.29, 1.82) is 0 Å². The Bertz CT molecular complexity index is 286. The summed E-state index contributed by atoms with van der Waals surface area (Å²) in [5.41, 5.74) is 5.91. The van der Waals surface area contributed by atoms with Crippen molar-refractivity contribution in [3.8, 4) is 5.75 Å². The van der Waals surface area contributed by atoms with E-state index in [4.69, 9.17) is 10.5 Å². The summed E-state index contributed by atoms with van der Waals surface area (Å²) in [6.07, 6.45) is 1.04. The zero-order chi connectivity index (χ0) is 11.3. The maximum absolute atomic E-state index is 12.6. The number of halogens is 1. The van der Waals surface area contributed by atoms with Gasteiger partial charge in [0.25, 0.3) is 0 Å². The highest BCUT2D eigenvalue weighted by molar-refractivity contribution is 5.22. The van der Waals surface area contributed by atoms with E-state index in [9.17, 15) is 4.39 Å². The topological polar surface area (TPSA) is 35.2 Å². The number of hydrogen-bond donors (Lipinski definition) is 1. The minimum absolute atomic E-state index is 0.0278. The summed E-state index contributed by atoms with van der Waals surface area (Å²) < 4.78 is 18.0. The van der Waals surface area contributed by atoms with Crippen LogP contribution in [0.3, 0.4) is 0 Å². The minimum Gasteiger partial charge on any atom is -0.492 e. The molecule has 0 aliphatic heterocycles. The third-order valence-electron chi connectivity index (χ3n) is 2.63. The number of nitrogens with two attached hydrogens (primary N) is 1. The van der Waals surface area contributed by atoms with Crippen LogP contribution in [0.4, 0.5) is 4.39 Å². The summed E-state index contributed by atoms with van der Waals surface area (Å²) in [5.74, 6) is 0.842. The highest BCUT2D eigenvalue weighted by Gasteiger charge is 2.11. The Morgan fingerprint density at radius 3 is 2.47 bits per heavy atom. The fraction of sp³-hybridized carbons (Fsp3) is 0.500.